The number of aliphatic imine (C=N–C) groups is 1. The molecule has 15 heavy (non-hydrogen) atoms. The van der Waals surface area contributed by atoms with E-state index >= 15 is 0 Å². The number of hydrogen-bond acceptors (Lipinski definition) is 2. The fourth-order valence-corrected chi connectivity index (χ4v) is 1.40. The van der Waals surface area contributed by atoms with E-state index in [1.165, 1.54) is 0 Å². The van der Waals surface area contributed by atoms with Crippen molar-refractivity contribution < 1.29 is 16.8 Å². The maximum atomic E-state index is 4.51. The van der Waals surface area contributed by atoms with Crippen LogP contribution in [0, 0.1) is 0 Å². The summed E-state index contributed by atoms with van der Waals surface area (Å²) in [4.78, 5) is 6.63. The van der Waals surface area contributed by atoms with Crippen LogP contribution < -0.4 is 0 Å². The SMILES string of the molecule is CC(=NC(C)(C)C)[N-]C(C)CN(C)C.[Co]. The van der Waals surface area contributed by atoms with Crippen molar-refractivity contribution in [3.05, 3.63) is 5.32 Å². The smallest absolute Gasteiger partial charge is 0 e. The number of likely N-dealkylation sites (N-methyl/N-ethyl adjacent to an activating group) is 1. The standard InChI is InChI=1S/C11H24N3.Co/c1-9(8-14(6)7)12-10(2)13-11(3,4)5;/h9H,8H2,1-7H3;/q-1;. The number of hydrogen-bond donors (Lipinski definition) is 0. The molecule has 0 aromatic carbocycles. The molecule has 0 rings (SSSR count). The van der Waals surface area contributed by atoms with Crippen molar-refractivity contribution in [2.75, 3.05) is 20.6 Å². The van der Waals surface area contributed by atoms with E-state index in [0.717, 1.165) is 12.4 Å². The zero-order chi connectivity index (χ0) is 11.4. The van der Waals surface area contributed by atoms with Crippen molar-refractivity contribution >= 4 is 5.84 Å². The Balaban J connectivity index is 0. The monoisotopic (exact) mass is 257 g/mol. The minimum absolute atomic E-state index is 0. The largest absolute Gasteiger partial charge is 0.465 e. The van der Waals surface area contributed by atoms with Crippen molar-refractivity contribution in [1.82, 2.24) is 4.90 Å². The first-order valence-electron chi connectivity index (χ1n) is 5.13. The van der Waals surface area contributed by atoms with E-state index in [1.807, 2.05) is 6.92 Å². The Kier molecular flexibility index (Phi) is 8.38. The summed E-state index contributed by atoms with van der Waals surface area (Å²) < 4.78 is 0. The molecule has 0 heterocycles. The molecule has 4 heteroatoms. The predicted molar refractivity (Wildman–Crippen MR) is 64.2 cm³/mol. The average molecular weight is 257 g/mol. The second kappa shape index (κ2) is 7.25. The van der Waals surface area contributed by atoms with Crippen molar-refractivity contribution in [2.45, 2.75) is 46.2 Å². The second-order valence-electron chi connectivity index (χ2n) is 5.07. The zero-order valence-electron chi connectivity index (χ0n) is 11.0. The summed E-state index contributed by atoms with van der Waals surface area (Å²) in [6, 6.07) is 0.316. The van der Waals surface area contributed by atoms with E-state index in [2.05, 4.69) is 57.0 Å². The summed E-state index contributed by atoms with van der Waals surface area (Å²) in [7, 11) is 4.12. The van der Waals surface area contributed by atoms with Crippen LogP contribution in [0.4, 0.5) is 0 Å². The Hall–Kier alpha value is -0.0635. The second-order valence-corrected chi connectivity index (χ2v) is 5.07. The Bertz CT molecular complexity index is 194. The van der Waals surface area contributed by atoms with Gasteiger partial charge in [-0.05, 0) is 39.1 Å². The van der Waals surface area contributed by atoms with Gasteiger partial charge in [0.2, 0.25) is 0 Å². The van der Waals surface area contributed by atoms with Crippen LogP contribution in [0.25, 0.3) is 5.32 Å². The third-order valence-corrected chi connectivity index (χ3v) is 1.53. The summed E-state index contributed by atoms with van der Waals surface area (Å²) in [6.07, 6.45) is 0. The van der Waals surface area contributed by atoms with Crippen LogP contribution in [0.5, 0.6) is 0 Å². The van der Waals surface area contributed by atoms with E-state index < -0.39 is 0 Å². The predicted octanol–water partition coefficient (Wildman–Crippen LogP) is 2.52. The van der Waals surface area contributed by atoms with Crippen LogP contribution in [0.2, 0.25) is 0 Å². The van der Waals surface area contributed by atoms with Gasteiger partial charge in [-0.25, -0.2) is 0 Å². The van der Waals surface area contributed by atoms with Crippen LogP contribution in [0.15, 0.2) is 4.99 Å². The summed E-state index contributed by atoms with van der Waals surface area (Å²) >= 11 is 0. The fraction of sp³-hybridized carbons (Fsp3) is 0.909. The molecular weight excluding hydrogens is 233 g/mol. The Morgan fingerprint density at radius 2 is 1.80 bits per heavy atom. The molecule has 0 saturated heterocycles. The maximum Gasteiger partial charge on any atom is 0 e. The molecule has 0 aromatic rings. The molecule has 0 aliphatic heterocycles. The number of amidine groups is 1. The van der Waals surface area contributed by atoms with Crippen molar-refractivity contribution in [3.8, 4) is 0 Å². The van der Waals surface area contributed by atoms with Gasteiger partial charge in [0.15, 0.2) is 0 Å². The molecule has 0 aliphatic rings. The van der Waals surface area contributed by atoms with Gasteiger partial charge in [0, 0.05) is 16.8 Å². The van der Waals surface area contributed by atoms with Crippen LogP contribution in [-0.4, -0.2) is 43.0 Å². The number of rotatable bonds is 3. The Morgan fingerprint density at radius 3 is 2.13 bits per heavy atom. The average Bonchev–Trinajstić information content (AvgIpc) is 1.77. The van der Waals surface area contributed by atoms with Gasteiger partial charge in [0.05, 0.1) is 0 Å². The minimum atomic E-state index is -0.0224. The van der Waals surface area contributed by atoms with Gasteiger partial charge in [-0.3, -0.25) is 0 Å². The van der Waals surface area contributed by atoms with E-state index in [-0.39, 0.29) is 22.3 Å². The minimum Gasteiger partial charge on any atom is -0.465 e. The molecule has 0 fully saturated rings. The maximum absolute atomic E-state index is 4.51. The Labute approximate surface area is 105 Å². The van der Waals surface area contributed by atoms with Crippen molar-refractivity contribution in [3.63, 3.8) is 0 Å². The molecule has 0 bridgehead atoms. The van der Waals surface area contributed by atoms with Crippen LogP contribution in [0.3, 0.4) is 0 Å². The first kappa shape index (κ1) is 17.3. The van der Waals surface area contributed by atoms with Crippen LogP contribution in [-0.2, 0) is 16.8 Å². The van der Waals surface area contributed by atoms with E-state index in [4.69, 9.17) is 0 Å². The molecule has 1 radical (unpaired) electrons. The molecule has 0 saturated carbocycles. The van der Waals surface area contributed by atoms with Gasteiger partial charge in [0.1, 0.15) is 0 Å². The summed E-state index contributed by atoms with van der Waals surface area (Å²) in [6.45, 7) is 11.3. The van der Waals surface area contributed by atoms with Crippen molar-refractivity contribution in [2.24, 2.45) is 4.99 Å². The zero-order valence-corrected chi connectivity index (χ0v) is 12.0. The van der Waals surface area contributed by atoms with Gasteiger partial charge >= 0.3 is 0 Å². The topological polar surface area (TPSA) is 29.7 Å². The third kappa shape index (κ3) is 11.9. The van der Waals surface area contributed by atoms with Gasteiger partial charge in [-0.2, -0.15) is 0 Å². The molecule has 1 atom stereocenters. The van der Waals surface area contributed by atoms with E-state index in [0.29, 0.717) is 6.04 Å². The summed E-state index contributed by atoms with van der Waals surface area (Å²) in [5.74, 6) is 0.895. The molecule has 93 valence electrons. The third-order valence-electron chi connectivity index (χ3n) is 1.53. The molecule has 0 amide bonds. The normalized spacial score (nSPS) is 14.8. The van der Waals surface area contributed by atoms with Gasteiger partial charge in [0.25, 0.3) is 0 Å². The molecule has 0 aromatic heterocycles. The molecule has 0 N–H and O–H groups in total. The van der Waals surface area contributed by atoms with Crippen molar-refractivity contribution in [1.29, 1.82) is 0 Å². The Morgan fingerprint density at radius 1 is 1.33 bits per heavy atom. The summed E-state index contributed by atoms with van der Waals surface area (Å²) in [5, 5.41) is 4.51. The van der Waals surface area contributed by atoms with Crippen LogP contribution >= 0.6 is 0 Å². The fourth-order valence-electron chi connectivity index (χ4n) is 1.40. The summed E-state index contributed by atoms with van der Waals surface area (Å²) in [5.41, 5.74) is -0.0224. The van der Waals surface area contributed by atoms with E-state index in [9.17, 15) is 0 Å². The quantitative estimate of drug-likeness (QED) is 0.564. The van der Waals surface area contributed by atoms with Gasteiger partial charge < -0.3 is 15.2 Å². The molecular formula is C11H24CoN3-. The van der Waals surface area contributed by atoms with Gasteiger partial charge in [-0.1, -0.05) is 33.5 Å². The molecule has 1 unspecified atom stereocenters. The number of nitrogens with zero attached hydrogens (tertiary/aromatic N) is 3. The molecule has 0 aliphatic carbocycles. The van der Waals surface area contributed by atoms with E-state index in [1.54, 1.807) is 0 Å². The molecule has 0 spiro atoms. The molecule has 3 nitrogen and oxygen atoms in total. The first-order valence-corrected chi connectivity index (χ1v) is 5.13. The van der Waals surface area contributed by atoms with Crippen LogP contribution in [0.1, 0.15) is 34.6 Å². The van der Waals surface area contributed by atoms with Gasteiger partial charge in [-0.15, -0.1) is 0 Å². The first-order chi connectivity index (χ1) is 6.20.